The molecule has 1 aliphatic rings. The molecule has 1 fully saturated rings. The van der Waals surface area contributed by atoms with E-state index in [0.29, 0.717) is 31.8 Å². The molecule has 2 aromatic carbocycles. The average molecular weight is 386 g/mol. The molecule has 28 heavy (non-hydrogen) atoms. The maximum Gasteiger partial charge on any atom is 0.222 e. The van der Waals surface area contributed by atoms with Gasteiger partial charge in [-0.05, 0) is 30.7 Å². The lowest BCUT2D eigenvalue weighted by molar-refractivity contribution is -0.133. The van der Waals surface area contributed by atoms with Crippen molar-refractivity contribution in [3.8, 4) is 11.5 Å². The molecule has 5 nitrogen and oxygen atoms in total. The number of rotatable bonds is 9. The van der Waals surface area contributed by atoms with E-state index in [1.807, 2.05) is 35.2 Å². The van der Waals surface area contributed by atoms with Crippen molar-refractivity contribution in [3.05, 3.63) is 60.4 Å². The number of carbonyl (C=O) groups is 1. The van der Waals surface area contributed by atoms with Gasteiger partial charge in [0, 0.05) is 45.2 Å². The first-order valence-electron chi connectivity index (χ1n) is 9.77. The van der Waals surface area contributed by atoms with Crippen LogP contribution in [0.5, 0.6) is 11.5 Å². The fourth-order valence-electron chi connectivity index (χ4n) is 3.16. The van der Waals surface area contributed by atoms with E-state index in [-0.39, 0.29) is 11.7 Å². The molecule has 1 aliphatic heterocycles. The Labute approximate surface area is 165 Å². The first-order valence-corrected chi connectivity index (χ1v) is 9.77. The lowest BCUT2D eigenvalue weighted by Crippen LogP contribution is -2.49. The smallest absolute Gasteiger partial charge is 0.222 e. The van der Waals surface area contributed by atoms with Crippen LogP contribution in [0, 0.1) is 5.82 Å². The maximum atomic E-state index is 13.1. The summed E-state index contributed by atoms with van der Waals surface area (Å²) < 4.78 is 24.3. The summed E-state index contributed by atoms with van der Waals surface area (Å²) in [6.45, 7) is 5.14. The largest absolute Gasteiger partial charge is 0.493 e. The van der Waals surface area contributed by atoms with E-state index in [1.54, 1.807) is 12.1 Å². The number of nitrogens with zero attached hydrogens (tertiary/aromatic N) is 2. The van der Waals surface area contributed by atoms with E-state index in [1.165, 1.54) is 12.1 Å². The number of piperazine rings is 1. The number of carbonyl (C=O) groups excluding carboxylic acids is 1. The Bertz CT molecular complexity index is 734. The van der Waals surface area contributed by atoms with E-state index in [9.17, 15) is 9.18 Å². The van der Waals surface area contributed by atoms with E-state index in [0.717, 1.165) is 38.5 Å². The van der Waals surface area contributed by atoms with Crippen LogP contribution in [0.25, 0.3) is 0 Å². The second-order valence-corrected chi connectivity index (χ2v) is 6.79. The number of hydrogen-bond donors (Lipinski definition) is 0. The van der Waals surface area contributed by atoms with Gasteiger partial charge in [-0.15, -0.1) is 0 Å². The molecule has 150 valence electrons. The van der Waals surface area contributed by atoms with Gasteiger partial charge in [0.2, 0.25) is 5.91 Å². The molecule has 0 radical (unpaired) electrons. The van der Waals surface area contributed by atoms with Crippen LogP contribution in [0.4, 0.5) is 4.39 Å². The molecule has 3 rings (SSSR count). The molecule has 6 heteroatoms. The summed E-state index contributed by atoms with van der Waals surface area (Å²) in [5.41, 5.74) is 0. The van der Waals surface area contributed by atoms with Gasteiger partial charge >= 0.3 is 0 Å². The van der Waals surface area contributed by atoms with Gasteiger partial charge in [0.15, 0.2) is 0 Å². The fraction of sp³-hybridized carbons (Fsp3) is 0.409. The highest BCUT2D eigenvalue weighted by atomic mass is 19.1. The van der Waals surface area contributed by atoms with E-state index in [2.05, 4.69) is 4.90 Å². The predicted octanol–water partition coefficient (Wildman–Crippen LogP) is 3.21. The normalized spacial score (nSPS) is 14.7. The molecule has 0 N–H and O–H groups in total. The number of para-hydroxylation sites is 1. The van der Waals surface area contributed by atoms with Gasteiger partial charge in [0.05, 0.1) is 6.61 Å². The van der Waals surface area contributed by atoms with Gasteiger partial charge < -0.3 is 14.4 Å². The van der Waals surface area contributed by atoms with Crippen molar-refractivity contribution in [3.63, 3.8) is 0 Å². The zero-order valence-corrected chi connectivity index (χ0v) is 16.1. The van der Waals surface area contributed by atoms with Gasteiger partial charge in [-0.1, -0.05) is 24.3 Å². The van der Waals surface area contributed by atoms with Gasteiger partial charge in [-0.2, -0.15) is 0 Å². The Hall–Kier alpha value is -2.60. The molecule has 2 aromatic rings. The molecule has 0 atom stereocenters. The summed E-state index contributed by atoms with van der Waals surface area (Å²) in [7, 11) is 0. The number of halogens is 1. The third-order valence-electron chi connectivity index (χ3n) is 4.74. The maximum absolute atomic E-state index is 13.1. The minimum absolute atomic E-state index is 0.156. The lowest BCUT2D eigenvalue weighted by atomic mass is 10.2. The second kappa shape index (κ2) is 10.7. The molecule has 0 bridgehead atoms. The van der Waals surface area contributed by atoms with Crippen molar-refractivity contribution in [1.82, 2.24) is 9.80 Å². The zero-order valence-electron chi connectivity index (χ0n) is 16.1. The first kappa shape index (κ1) is 20.1. The van der Waals surface area contributed by atoms with Crippen LogP contribution >= 0.6 is 0 Å². The van der Waals surface area contributed by atoms with Gasteiger partial charge in [0.1, 0.15) is 23.9 Å². The van der Waals surface area contributed by atoms with Gasteiger partial charge in [0.25, 0.3) is 0 Å². The monoisotopic (exact) mass is 386 g/mol. The third kappa shape index (κ3) is 6.53. The Morgan fingerprint density at radius 3 is 2.36 bits per heavy atom. The number of benzene rings is 2. The number of ether oxygens (including phenoxy) is 2. The molecule has 0 saturated carbocycles. The van der Waals surface area contributed by atoms with Gasteiger partial charge in [-0.3, -0.25) is 9.69 Å². The van der Waals surface area contributed by atoms with Crippen LogP contribution < -0.4 is 9.47 Å². The number of amides is 1. The minimum Gasteiger partial charge on any atom is -0.493 e. The second-order valence-electron chi connectivity index (χ2n) is 6.79. The Morgan fingerprint density at radius 1 is 0.893 bits per heavy atom. The van der Waals surface area contributed by atoms with Crippen LogP contribution in [0.15, 0.2) is 54.6 Å². The molecule has 0 spiro atoms. The molecular weight excluding hydrogens is 359 g/mol. The lowest BCUT2D eigenvalue weighted by Gasteiger charge is -2.34. The molecule has 1 heterocycles. The summed E-state index contributed by atoms with van der Waals surface area (Å²) in [4.78, 5) is 16.6. The quantitative estimate of drug-likeness (QED) is 0.621. The molecule has 1 saturated heterocycles. The van der Waals surface area contributed by atoms with Crippen LogP contribution in [-0.4, -0.2) is 61.6 Å². The molecule has 0 aliphatic carbocycles. The topological polar surface area (TPSA) is 42.0 Å². The third-order valence-corrected chi connectivity index (χ3v) is 4.74. The van der Waals surface area contributed by atoms with Crippen LogP contribution in [0.2, 0.25) is 0 Å². The van der Waals surface area contributed by atoms with E-state index in [4.69, 9.17) is 9.47 Å². The highest BCUT2D eigenvalue weighted by Crippen LogP contribution is 2.13. The molecule has 1 amide bonds. The summed E-state index contributed by atoms with van der Waals surface area (Å²) >= 11 is 0. The van der Waals surface area contributed by atoms with Crippen molar-refractivity contribution < 1.29 is 18.7 Å². The molecule has 0 aromatic heterocycles. The van der Waals surface area contributed by atoms with Crippen molar-refractivity contribution in [1.29, 1.82) is 0 Å². The van der Waals surface area contributed by atoms with Crippen LogP contribution in [0.1, 0.15) is 12.8 Å². The highest BCUT2D eigenvalue weighted by molar-refractivity contribution is 5.76. The summed E-state index contributed by atoms with van der Waals surface area (Å²) in [5.74, 6) is 1.22. The standard InChI is InChI=1S/C22H27FN2O3/c23-19-6-4-9-21(18-19)27-16-5-10-22(26)25-13-11-24(12-14-25)15-17-28-20-7-2-1-3-8-20/h1-4,6-9,18H,5,10-17H2. The van der Waals surface area contributed by atoms with Crippen molar-refractivity contribution in [2.45, 2.75) is 12.8 Å². The van der Waals surface area contributed by atoms with Crippen molar-refractivity contribution >= 4 is 5.91 Å². The SMILES string of the molecule is O=C(CCCOc1cccc(F)c1)N1CCN(CCOc2ccccc2)CC1. The summed E-state index contributed by atoms with van der Waals surface area (Å²) in [6, 6.07) is 15.9. The highest BCUT2D eigenvalue weighted by Gasteiger charge is 2.20. The number of hydrogen-bond acceptors (Lipinski definition) is 4. The molecule has 0 unspecified atom stereocenters. The van der Waals surface area contributed by atoms with Gasteiger partial charge in [-0.25, -0.2) is 4.39 Å². The Morgan fingerprint density at radius 2 is 1.61 bits per heavy atom. The Balaban J connectivity index is 1.27. The van der Waals surface area contributed by atoms with Crippen LogP contribution in [-0.2, 0) is 4.79 Å². The van der Waals surface area contributed by atoms with E-state index >= 15 is 0 Å². The average Bonchev–Trinajstić information content (AvgIpc) is 2.72. The molecular formula is C22H27FN2O3. The Kier molecular flexibility index (Phi) is 7.67. The van der Waals surface area contributed by atoms with Crippen molar-refractivity contribution in [2.24, 2.45) is 0 Å². The fourth-order valence-corrected chi connectivity index (χ4v) is 3.16. The van der Waals surface area contributed by atoms with Crippen molar-refractivity contribution in [2.75, 3.05) is 45.9 Å². The minimum atomic E-state index is -0.319. The predicted molar refractivity (Wildman–Crippen MR) is 106 cm³/mol. The van der Waals surface area contributed by atoms with E-state index < -0.39 is 0 Å². The summed E-state index contributed by atoms with van der Waals surface area (Å²) in [5, 5.41) is 0. The van der Waals surface area contributed by atoms with Crippen LogP contribution in [0.3, 0.4) is 0 Å². The first-order chi connectivity index (χ1) is 13.7. The zero-order chi connectivity index (χ0) is 19.6. The summed E-state index contributed by atoms with van der Waals surface area (Å²) in [6.07, 6.45) is 1.08.